The van der Waals surface area contributed by atoms with E-state index in [0.717, 1.165) is 29.9 Å². The van der Waals surface area contributed by atoms with Crippen LogP contribution in [0.15, 0.2) is 34.7 Å². The van der Waals surface area contributed by atoms with E-state index in [1.165, 1.54) is 0 Å². The van der Waals surface area contributed by atoms with Crippen molar-refractivity contribution in [1.82, 2.24) is 14.8 Å². The van der Waals surface area contributed by atoms with Crippen molar-refractivity contribution >= 4 is 24.2 Å². The number of aromatic nitrogens is 1. The number of rotatable bonds is 4. The van der Waals surface area contributed by atoms with Gasteiger partial charge in [-0.15, -0.1) is 12.4 Å². The van der Waals surface area contributed by atoms with Gasteiger partial charge in [0, 0.05) is 31.6 Å². The van der Waals surface area contributed by atoms with Gasteiger partial charge in [0.2, 0.25) is 17.7 Å². The van der Waals surface area contributed by atoms with Crippen LogP contribution in [0.1, 0.15) is 24.3 Å². The predicted octanol–water partition coefficient (Wildman–Crippen LogP) is 1.61. The van der Waals surface area contributed by atoms with E-state index in [1.54, 1.807) is 4.90 Å². The molecular formula is C23H27ClN4O4. The molecule has 3 saturated heterocycles. The molecule has 2 bridgehead atoms. The smallest absolute Gasteiger partial charge is 0.229 e. The van der Waals surface area contributed by atoms with Crippen molar-refractivity contribution in [2.24, 2.45) is 17.6 Å². The Morgan fingerprint density at radius 3 is 2.88 bits per heavy atom. The fourth-order valence-electron chi connectivity index (χ4n) is 5.97. The molecule has 0 radical (unpaired) electrons. The van der Waals surface area contributed by atoms with Crippen molar-refractivity contribution in [3.8, 4) is 11.5 Å². The zero-order valence-electron chi connectivity index (χ0n) is 17.7. The number of carbonyl (C=O) groups is 2. The first-order valence-electron chi connectivity index (χ1n) is 11.1. The molecule has 2 amide bonds. The molecule has 2 aromatic rings. The molecule has 4 atom stereocenters. The molecule has 6 rings (SSSR count). The Hall–Kier alpha value is -2.42. The molecule has 0 saturated carbocycles. The first-order chi connectivity index (χ1) is 15.1. The summed E-state index contributed by atoms with van der Waals surface area (Å²) < 4.78 is 12.3. The molecule has 2 N–H and O–H groups in total. The molecule has 3 fully saturated rings. The minimum absolute atomic E-state index is 0. The van der Waals surface area contributed by atoms with E-state index in [2.05, 4.69) is 4.98 Å². The van der Waals surface area contributed by atoms with Gasteiger partial charge in [-0.1, -0.05) is 18.2 Å². The number of oxazole rings is 1. The molecule has 1 spiro atoms. The average Bonchev–Trinajstić information content (AvgIpc) is 3.53. The van der Waals surface area contributed by atoms with Crippen molar-refractivity contribution in [2.45, 2.75) is 37.5 Å². The van der Waals surface area contributed by atoms with Crippen LogP contribution >= 0.6 is 12.4 Å². The van der Waals surface area contributed by atoms with E-state index >= 15 is 0 Å². The molecule has 5 heterocycles. The quantitative estimate of drug-likeness (QED) is 0.746. The highest BCUT2D eigenvalue weighted by atomic mass is 35.5. The molecule has 8 nitrogen and oxygen atoms in total. The summed E-state index contributed by atoms with van der Waals surface area (Å²) >= 11 is 0. The lowest BCUT2D eigenvalue weighted by atomic mass is 9.72. The van der Waals surface area contributed by atoms with Crippen LogP contribution in [0.2, 0.25) is 0 Å². The fourth-order valence-corrected chi connectivity index (χ4v) is 5.97. The third-order valence-corrected chi connectivity index (χ3v) is 7.35. The number of nitrogens with zero attached hydrogens (tertiary/aromatic N) is 3. The normalized spacial score (nSPS) is 30.3. The Bertz CT molecular complexity index is 1040. The molecule has 1 aromatic heterocycles. The predicted molar refractivity (Wildman–Crippen MR) is 118 cm³/mol. The van der Waals surface area contributed by atoms with Crippen molar-refractivity contribution in [1.29, 1.82) is 0 Å². The van der Waals surface area contributed by atoms with Crippen LogP contribution in [0.4, 0.5) is 0 Å². The SMILES string of the molecule is Cl.NCCN1C[C@]23CC[C@H](O2)[C@H](C(=O)N2CCc4oc(-c5ccccc5)nc4C2)[C@@H]3C1=O. The van der Waals surface area contributed by atoms with Crippen LogP contribution in [0, 0.1) is 11.8 Å². The Morgan fingerprint density at radius 2 is 2.09 bits per heavy atom. The number of likely N-dealkylation sites (tertiary alicyclic amines) is 1. The average molecular weight is 459 g/mol. The maximum absolute atomic E-state index is 13.6. The van der Waals surface area contributed by atoms with Gasteiger partial charge >= 0.3 is 0 Å². The van der Waals surface area contributed by atoms with Gasteiger partial charge in [-0.3, -0.25) is 9.59 Å². The minimum atomic E-state index is -0.507. The second kappa shape index (κ2) is 7.86. The molecular weight excluding hydrogens is 432 g/mol. The molecule has 9 heteroatoms. The van der Waals surface area contributed by atoms with Crippen molar-refractivity contribution in [2.75, 3.05) is 26.2 Å². The zero-order chi connectivity index (χ0) is 21.2. The topological polar surface area (TPSA) is 102 Å². The summed E-state index contributed by atoms with van der Waals surface area (Å²) in [5.74, 6) is 0.668. The van der Waals surface area contributed by atoms with E-state index in [1.807, 2.05) is 35.2 Å². The van der Waals surface area contributed by atoms with Crippen molar-refractivity contribution in [3.05, 3.63) is 41.8 Å². The summed E-state index contributed by atoms with van der Waals surface area (Å²) in [6.07, 6.45) is 2.13. The van der Waals surface area contributed by atoms with Gasteiger partial charge in [0.25, 0.3) is 0 Å². The Balaban J connectivity index is 0.00000216. The maximum Gasteiger partial charge on any atom is 0.229 e. The van der Waals surface area contributed by atoms with Gasteiger partial charge in [0.1, 0.15) is 11.5 Å². The van der Waals surface area contributed by atoms with Gasteiger partial charge in [0.15, 0.2) is 0 Å². The highest BCUT2D eigenvalue weighted by molar-refractivity contribution is 5.92. The highest BCUT2D eigenvalue weighted by Gasteiger charge is 2.69. The summed E-state index contributed by atoms with van der Waals surface area (Å²) in [5.41, 5.74) is 6.91. The van der Waals surface area contributed by atoms with Crippen LogP contribution in [-0.4, -0.2) is 64.5 Å². The number of hydrogen-bond acceptors (Lipinski definition) is 6. The zero-order valence-corrected chi connectivity index (χ0v) is 18.6. The first kappa shape index (κ1) is 21.4. The monoisotopic (exact) mass is 458 g/mol. The summed E-state index contributed by atoms with van der Waals surface area (Å²) in [4.78, 5) is 35.0. The number of fused-ring (bicyclic) bond motifs is 2. The number of carbonyl (C=O) groups excluding carboxylic acids is 2. The minimum Gasteiger partial charge on any atom is -0.441 e. The fraction of sp³-hybridized carbons (Fsp3) is 0.522. The molecule has 4 aliphatic rings. The van der Waals surface area contributed by atoms with Crippen molar-refractivity contribution < 1.29 is 18.7 Å². The molecule has 0 aliphatic carbocycles. The van der Waals surface area contributed by atoms with Crippen LogP contribution in [0.5, 0.6) is 0 Å². The number of ether oxygens (including phenoxy) is 1. The number of benzene rings is 1. The largest absolute Gasteiger partial charge is 0.441 e. The first-order valence-corrected chi connectivity index (χ1v) is 11.1. The summed E-state index contributed by atoms with van der Waals surface area (Å²) in [6, 6.07) is 9.78. The summed E-state index contributed by atoms with van der Waals surface area (Å²) in [6.45, 7) is 2.47. The van der Waals surface area contributed by atoms with E-state index in [9.17, 15) is 9.59 Å². The third kappa shape index (κ3) is 3.08. The second-order valence-electron chi connectivity index (χ2n) is 9.08. The number of nitrogens with two attached hydrogens (primary N) is 1. The van der Waals surface area contributed by atoms with E-state index in [4.69, 9.17) is 14.9 Å². The van der Waals surface area contributed by atoms with Crippen LogP contribution in [-0.2, 0) is 27.3 Å². The van der Waals surface area contributed by atoms with Gasteiger partial charge in [-0.2, -0.15) is 0 Å². The van der Waals surface area contributed by atoms with Crippen LogP contribution in [0.3, 0.4) is 0 Å². The molecule has 1 aromatic carbocycles. The lowest BCUT2D eigenvalue weighted by molar-refractivity contribution is -0.145. The Morgan fingerprint density at radius 1 is 1.28 bits per heavy atom. The third-order valence-electron chi connectivity index (χ3n) is 7.35. The maximum atomic E-state index is 13.6. The number of halogens is 1. The standard InChI is InChI=1S/C23H26N4O4.ClH/c24-9-11-27-13-23-8-6-17(31-23)18(19(23)22(27)29)21(28)26-10-7-16-15(12-26)25-20(30-16)14-4-2-1-3-5-14;/h1-5,17-19H,6-13,24H2;1H/t17-,18-,19+,23-;/m0./s1. The Kier molecular flexibility index (Phi) is 5.27. The van der Waals surface area contributed by atoms with Crippen LogP contribution < -0.4 is 5.73 Å². The number of hydrogen-bond donors (Lipinski definition) is 1. The highest BCUT2D eigenvalue weighted by Crippen LogP contribution is 2.55. The van der Waals surface area contributed by atoms with E-state index < -0.39 is 11.5 Å². The van der Waals surface area contributed by atoms with Crippen LogP contribution in [0.25, 0.3) is 11.5 Å². The van der Waals surface area contributed by atoms with Gasteiger partial charge in [-0.25, -0.2) is 4.98 Å². The van der Waals surface area contributed by atoms with Gasteiger partial charge in [-0.05, 0) is 25.0 Å². The van der Waals surface area contributed by atoms with Gasteiger partial charge in [0.05, 0.1) is 36.6 Å². The molecule has 4 aliphatic heterocycles. The van der Waals surface area contributed by atoms with E-state index in [0.29, 0.717) is 45.0 Å². The summed E-state index contributed by atoms with van der Waals surface area (Å²) in [7, 11) is 0. The molecule has 170 valence electrons. The Labute approximate surface area is 192 Å². The molecule has 32 heavy (non-hydrogen) atoms. The van der Waals surface area contributed by atoms with E-state index in [-0.39, 0.29) is 36.2 Å². The van der Waals surface area contributed by atoms with Gasteiger partial charge < -0.3 is 24.7 Å². The second-order valence-corrected chi connectivity index (χ2v) is 9.08. The lowest BCUT2D eigenvalue weighted by Gasteiger charge is -2.33. The van der Waals surface area contributed by atoms with Crippen molar-refractivity contribution in [3.63, 3.8) is 0 Å². The number of amides is 2. The lowest BCUT2D eigenvalue weighted by Crippen LogP contribution is -2.48. The summed E-state index contributed by atoms with van der Waals surface area (Å²) in [5, 5.41) is 0. The molecule has 0 unspecified atom stereocenters.